The molecule has 0 radical (unpaired) electrons. The average molecular weight is 252 g/mol. The van der Waals surface area contributed by atoms with Crippen LogP contribution in [0.1, 0.15) is 25.0 Å². The second-order valence-corrected chi connectivity index (χ2v) is 4.95. The van der Waals surface area contributed by atoms with Crippen LogP contribution in [0.2, 0.25) is 0 Å². The topological polar surface area (TPSA) is 77.5 Å². The fourth-order valence-electron chi connectivity index (χ4n) is 2.51. The number of hydrogen-bond acceptors (Lipinski definition) is 5. The van der Waals surface area contributed by atoms with Gasteiger partial charge in [0.2, 0.25) is 0 Å². The van der Waals surface area contributed by atoms with Crippen molar-refractivity contribution in [3.63, 3.8) is 0 Å². The number of hydrogen-bond donors (Lipinski definition) is 1. The summed E-state index contributed by atoms with van der Waals surface area (Å²) in [6.45, 7) is 1.32. The molecule has 3 rings (SSSR count). The van der Waals surface area contributed by atoms with Crippen molar-refractivity contribution in [3.05, 3.63) is 28.0 Å². The van der Waals surface area contributed by atoms with E-state index in [0.717, 1.165) is 13.0 Å². The highest BCUT2D eigenvalue weighted by molar-refractivity contribution is 5.17. The van der Waals surface area contributed by atoms with Crippen molar-refractivity contribution >= 4 is 5.88 Å². The largest absolute Gasteiger partial charge is 0.433 e. The third-order valence-corrected chi connectivity index (χ3v) is 3.59. The quantitative estimate of drug-likeness (QED) is 0.639. The normalized spacial score (nSPS) is 27.6. The molecular weight excluding hydrogens is 236 g/mol. The van der Waals surface area contributed by atoms with Crippen molar-refractivity contribution in [3.8, 4) is 0 Å². The fourth-order valence-corrected chi connectivity index (χ4v) is 2.51. The van der Waals surface area contributed by atoms with Crippen molar-refractivity contribution in [1.29, 1.82) is 0 Å². The summed E-state index contributed by atoms with van der Waals surface area (Å²) in [5.41, 5.74) is 0. The number of nitro groups is 1. The molecule has 1 saturated heterocycles. The van der Waals surface area contributed by atoms with Crippen molar-refractivity contribution in [2.24, 2.45) is 5.92 Å². The van der Waals surface area contributed by atoms with E-state index in [9.17, 15) is 10.1 Å². The lowest BCUT2D eigenvalue weighted by molar-refractivity contribution is -0.402. The smallest absolute Gasteiger partial charge is 0.404 e. The van der Waals surface area contributed by atoms with Gasteiger partial charge in [0.05, 0.1) is 18.7 Å². The van der Waals surface area contributed by atoms with Crippen molar-refractivity contribution in [2.45, 2.75) is 38.0 Å². The van der Waals surface area contributed by atoms with Crippen molar-refractivity contribution in [2.75, 3.05) is 6.61 Å². The Morgan fingerprint density at radius 2 is 2.22 bits per heavy atom. The lowest BCUT2D eigenvalue weighted by atomic mass is 10.1. The molecule has 1 aliphatic heterocycles. The predicted molar refractivity (Wildman–Crippen MR) is 63.1 cm³/mol. The van der Waals surface area contributed by atoms with E-state index in [1.54, 1.807) is 6.07 Å². The fraction of sp³-hybridized carbons (Fsp3) is 0.667. The Kier molecular flexibility index (Phi) is 3.05. The Labute approximate surface area is 104 Å². The Morgan fingerprint density at radius 1 is 1.39 bits per heavy atom. The van der Waals surface area contributed by atoms with Crippen LogP contribution in [0.15, 0.2) is 16.5 Å². The molecule has 0 aromatic carbocycles. The summed E-state index contributed by atoms with van der Waals surface area (Å²) in [4.78, 5) is 9.98. The number of nitrogens with one attached hydrogen (secondary N) is 1. The molecule has 2 atom stereocenters. The molecule has 2 heterocycles. The molecule has 2 unspecified atom stereocenters. The molecule has 18 heavy (non-hydrogen) atoms. The van der Waals surface area contributed by atoms with E-state index in [-0.39, 0.29) is 5.88 Å². The third-order valence-electron chi connectivity index (χ3n) is 3.59. The number of furan rings is 1. The van der Waals surface area contributed by atoms with Gasteiger partial charge in [-0.15, -0.1) is 0 Å². The van der Waals surface area contributed by atoms with Gasteiger partial charge in [-0.25, -0.2) is 0 Å². The van der Waals surface area contributed by atoms with Gasteiger partial charge in [0.25, 0.3) is 0 Å². The SMILES string of the molecule is O=[N+]([O-])c1ccc(CNC2CCOC2C2CC2)o1. The van der Waals surface area contributed by atoms with E-state index in [4.69, 9.17) is 9.15 Å². The zero-order valence-electron chi connectivity index (χ0n) is 10.0. The van der Waals surface area contributed by atoms with Crippen LogP contribution in [-0.4, -0.2) is 23.7 Å². The van der Waals surface area contributed by atoms with Crippen molar-refractivity contribution < 1.29 is 14.1 Å². The van der Waals surface area contributed by atoms with Gasteiger partial charge in [-0.1, -0.05) is 0 Å². The number of rotatable bonds is 5. The minimum Gasteiger partial charge on any atom is -0.404 e. The number of nitrogens with zero attached hydrogens (tertiary/aromatic N) is 1. The Hall–Kier alpha value is -1.40. The van der Waals surface area contributed by atoms with Gasteiger partial charge < -0.3 is 14.5 Å². The lowest BCUT2D eigenvalue weighted by Crippen LogP contribution is -2.37. The van der Waals surface area contributed by atoms with Gasteiger partial charge >= 0.3 is 5.88 Å². The second-order valence-electron chi connectivity index (χ2n) is 4.95. The predicted octanol–water partition coefficient (Wildman–Crippen LogP) is 1.84. The average Bonchev–Trinajstić information content (AvgIpc) is 2.92. The minimum atomic E-state index is -0.519. The zero-order chi connectivity index (χ0) is 12.5. The molecular formula is C12H16N2O4. The summed E-state index contributed by atoms with van der Waals surface area (Å²) in [6.07, 6.45) is 3.84. The van der Waals surface area contributed by atoms with Gasteiger partial charge in [-0.05, 0) is 31.2 Å². The van der Waals surface area contributed by atoms with E-state index >= 15 is 0 Å². The van der Waals surface area contributed by atoms with Gasteiger partial charge in [0.1, 0.15) is 10.7 Å². The highest BCUT2D eigenvalue weighted by Crippen LogP contribution is 2.38. The molecule has 1 aliphatic carbocycles. The number of ether oxygens (including phenoxy) is 1. The van der Waals surface area contributed by atoms with Gasteiger partial charge in [0.15, 0.2) is 0 Å². The van der Waals surface area contributed by atoms with E-state index in [2.05, 4.69) is 5.32 Å². The minimum absolute atomic E-state index is 0.201. The molecule has 2 aliphatic rings. The Morgan fingerprint density at radius 3 is 2.89 bits per heavy atom. The summed E-state index contributed by atoms with van der Waals surface area (Å²) in [7, 11) is 0. The monoisotopic (exact) mass is 252 g/mol. The summed E-state index contributed by atoms with van der Waals surface area (Å²) in [6, 6.07) is 3.38. The van der Waals surface area contributed by atoms with Gasteiger partial charge in [0, 0.05) is 12.6 Å². The van der Waals surface area contributed by atoms with Crippen LogP contribution in [0.25, 0.3) is 0 Å². The zero-order valence-corrected chi connectivity index (χ0v) is 10.0. The van der Waals surface area contributed by atoms with Crippen molar-refractivity contribution in [1.82, 2.24) is 5.32 Å². The molecule has 0 spiro atoms. The summed E-state index contributed by atoms with van der Waals surface area (Å²) in [5.74, 6) is 1.10. The van der Waals surface area contributed by atoms with E-state index in [1.807, 2.05) is 0 Å². The summed E-state index contributed by atoms with van der Waals surface area (Å²) < 4.78 is 10.8. The Balaban J connectivity index is 1.55. The molecule has 1 saturated carbocycles. The molecule has 0 amide bonds. The maximum Gasteiger partial charge on any atom is 0.433 e. The van der Waals surface area contributed by atoms with Crippen LogP contribution in [0, 0.1) is 16.0 Å². The lowest BCUT2D eigenvalue weighted by Gasteiger charge is -2.18. The molecule has 98 valence electrons. The van der Waals surface area contributed by atoms with E-state index in [1.165, 1.54) is 18.9 Å². The van der Waals surface area contributed by atoms with E-state index < -0.39 is 4.92 Å². The maximum atomic E-state index is 10.5. The molecule has 1 aromatic rings. The van der Waals surface area contributed by atoms with Crippen LogP contribution >= 0.6 is 0 Å². The second kappa shape index (κ2) is 4.70. The third kappa shape index (κ3) is 2.39. The van der Waals surface area contributed by atoms with E-state index in [0.29, 0.717) is 30.4 Å². The highest BCUT2D eigenvalue weighted by atomic mass is 16.6. The molecule has 1 aromatic heterocycles. The molecule has 2 fully saturated rings. The first-order valence-electron chi connectivity index (χ1n) is 6.32. The molecule has 0 bridgehead atoms. The van der Waals surface area contributed by atoms with Crippen LogP contribution < -0.4 is 5.32 Å². The molecule has 1 N–H and O–H groups in total. The maximum absolute atomic E-state index is 10.5. The Bertz CT molecular complexity index is 441. The van der Waals surface area contributed by atoms with Crippen LogP contribution in [-0.2, 0) is 11.3 Å². The first-order valence-corrected chi connectivity index (χ1v) is 6.32. The standard InChI is InChI=1S/C12H16N2O4/c15-14(16)11-4-3-9(18-11)7-13-10-5-6-17-12(10)8-1-2-8/h3-4,8,10,12-13H,1-2,5-7H2. The molecule has 6 nitrogen and oxygen atoms in total. The van der Waals surface area contributed by atoms with Crippen LogP contribution in [0.4, 0.5) is 5.88 Å². The highest BCUT2D eigenvalue weighted by Gasteiger charge is 2.40. The first-order chi connectivity index (χ1) is 8.74. The van der Waals surface area contributed by atoms with Gasteiger partial charge in [-0.2, -0.15) is 0 Å². The summed E-state index contributed by atoms with van der Waals surface area (Å²) in [5, 5.41) is 13.9. The molecule has 6 heteroatoms. The summed E-state index contributed by atoms with van der Waals surface area (Å²) >= 11 is 0. The van der Waals surface area contributed by atoms with Crippen LogP contribution in [0.3, 0.4) is 0 Å². The first kappa shape index (κ1) is 11.7. The van der Waals surface area contributed by atoms with Gasteiger partial charge in [-0.3, -0.25) is 10.1 Å². The van der Waals surface area contributed by atoms with Crippen LogP contribution in [0.5, 0.6) is 0 Å².